The number of anilines is 1. The van der Waals surface area contributed by atoms with E-state index in [2.05, 4.69) is 46.4 Å². The van der Waals surface area contributed by atoms with E-state index in [1.807, 2.05) is 11.3 Å². The van der Waals surface area contributed by atoms with Crippen molar-refractivity contribution in [3.63, 3.8) is 0 Å². The Bertz CT molecular complexity index is 649. The Labute approximate surface area is 150 Å². The lowest BCUT2D eigenvalue weighted by Gasteiger charge is -2.37. The Morgan fingerprint density at radius 1 is 1.00 bits per heavy atom. The van der Waals surface area contributed by atoms with Crippen molar-refractivity contribution in [3.05, 3.63) is 29.6 Å². The van der Waals surface area contributed by atoms with Gasteiger partial charge in [0.25, 0.3) is 0 Å². The van der Waals surface area contributed by atoms with Crippen LogP contribution in [0.2, 0.25) is 0 Å². The average Bonchev–Trinajstić information content (AvgIpc) is 3.10. The minimum Gasteiger partial charge on any atom is -0.368 e. The lowest BCUT2D eigenvalue weighted by Crippen LogP contribution is -2.47. The van der Waals surface area contributed by atoms with Gasteiger partial charge in [-0.2, -0.15) is 0 Å². The van der Waals surface area contributed by atoms with Gasteiger partial charge >= 0.3 is 0 Å². The molecule has 130 valence electrons. The third-order valence-corrected chi connectivity index (χ3v) is 7.06. The molecule has 0 atom stereocenters. The molecule has 2 fully saturated rings. The summed E-state index contributed by atoms with van der Waals surface area (Å²) in [6.07, 6.45) is 7.29. The molecule has 0 spiro atoms. The fraction of sp³-hybridized carbons (Fsp3) is 0.619. The summed E-state index contributed by atoms with van der Waals surface area (Å²) in [7, 11) is 0. The second kappa shape index (κ2) is 7.45. The molecule has 1 aliphatic heterocycles. The molecule has 4 rings (SSSR count). The number of benzene rings is 1. The molecule has 1 aromatic carbocycles. The maximum atomic E-state index is 2.70. The molecular weight excluding hydrogens is 312 g/mol. The van der Waals surface area contributed by atoms with Gasteiger partial charge in [0.15, 0.2) is 0 Å². The molecule has 0 radical (unpaired) electrons. The summed E-state index contributed by atoms with van der Waals surface area (Å²) >= 11 is 1.85. The van der Waals surface area contributed by atoms with Crippen molar-refractivity contribution < 1.29 is 0 Å². The predicted molar refractivity (Wildman–Crippen MR) is 106 cm³/mol. The van der Waals surface area contributed by atoms with Gasteiger partial charge < -0.3 is 4.90 Å². The van der Waals surface area contributed by atoms with E-state index in [4.69, 9.17) is 0 Å². The van der Waals surface area contributed by atoms with Gasteiger partial charge in [-0.3, -0.25) is 4.90 Å². The second-order valence-electron chi connectivity index (χ2n) is 7.85. The monoisotopic (exact) mass is 342 g/mol. The minimum atomic E-state index is 0.976. The van der Waals surface area contributed by atoms with Crippen molar-refractivity contribution in [2.24, 2.45) is 11.8 Å². The molecule has 1 saturated carbocycles. The highest BCUT2D eigenvalue weighted by Crippen LogP contribution is 2.32. The zero-order valence-electron chi connectivity index (χ0n) is 14.9. The molecule has 1 aliphatic carbocycles. The van der Waals surface area contributed by atoms with Crippen molar-refractivity contribution >= 4 is 27.1 Å². The first kappa shape index (κ1) is 16.4. The van der Waals surface area contributed by atoms with Crippen LogP contribution in [0.25, 0.3) is 10.1 Å². The van der Waals surface area contributed by atoms with Crippen molar-refractivity contribution in [2.75, 3.05) is 37.6 Å². The zero-order chi connectivity index (χ0) is 16.4. The summed E-state index contributed by atoms with van der Waals surface area (Å²) in [5.74, 6) is 1.98. The molecule has 0 N–H and O–H groups in total. The molecule has 0 unspecified atom stereocenters. The predicted octanol–water partition coefficient (Wildman–Crippen LogP) is 5.24. The van der Waals surface area contributed by atoms with E-state index in [-0.39, 0.29) is 0 Å². The molecule has 0 bridgehead atoms. The second-order valence-corrected chi connectivity index (χ2v) is 8.80. The summed E-state index contributed by atoms with van der Waals surface area (Å²) in [6.45, 7) is 8.54. The Morgan fingerprint density at radius 2 is 1.79 bits per heavy atom. The molecular formula is C21H30N2S. The lowest BCUT2D eigenvalue weighted by atomic mass is 9.81. The van der Waals surface area contributed by atoms with E-state index in [0.717, 1.165) is 11.8 Å². The summed E-state index contributed by atoms with van der Waals surface area (Å²) in [4.78, 5) is 5.29. The van der Waals surface area contributed by atoms with Crippen LogP contribution in [0.4, 0.5) is 5.69 Å². The highest BCUT2D eigenvalue weighted by molar-refractivity contribution is 7.17. The van der Waals surface area contributed by atoms with Crippen molar-refractivity contribution in [2.45, 2.75) is 39.0 Å². The van der Waals surface area contributed by atoms with Gasteiger partial charge in [-0.05, 0) is 48.4 Å². The molecule has 2 heterocycles. The molecule has 0 amide bonds. The van der Waals surface area contributed by atoms with Gasteiger partial charge in [0.05, 0.1) is 0 Å². The smallest absolute Gasteiger partial charge is 0.0455 e. The summed E-state index contributed by atoms with van der Waals surface area (Å²) in [5, 5.41) is 3.65. The van der Waals surface area contributed by atoms with Crippen molar-refractivity contribution in [1.29, 1.82) is 0 Å². The number of nitrogens with zero attached hydrogens (tertiary/aromatic N) is 2. The number of piperazine rings is 1. The van der Waals surface area contributed by atoms with E-state index in [1.165, 1.54) is 80.6 Å². The first-order chi connectivity index (χ1) is 11.8. The standard InChI is InChI=1S/C21H30N2S/c1-17-5-7-18(8-6-17)9-11-22-12-14-23(15-13-22)20-3-2-4-21-19(20)10-16-24-21/h2-4,10,16-18H,5-9,11-15H2,1H3/t17-,18-. The number of hydrogen-bond acceptors (Lipinski definition) is 3. The fourth-order valence-corrected chi connectivity index (χ4v) is 5.26. The lowest BCUT2D eigenvalue weighted by molar-refractivity contribution is 0.208. The number of hydrogen-bond donors (Lipinski definition) is 0. The highest BCUT2D eigenvalue weighted by atomic mass is 32.1. The normalized spacial score (nSPS) is 26.1. The Kier molecular flexibility index (Phi) is 5.09. The molecule has 2 aliphatic rings. The summed E-state index contributed by atoms with van der Waals surface area (Å²) in [6, 6.07) is 9.04. The Balaban J connectivity index is 1.28. The van der Waals surface area contributed by atoms with E-state index in [0.29, 0.717) is 0 Å². The summed E-state index contributed by atoms with van der Waals surface area (Å²) in [5.41, 5.74) is 1.44. The van der Waals surface area contributed by atoms with Crippen LogP contribution in [0.15, 0.2) is 29.6 Å². The van der Waals surface area contributed by atoms with Crippen LogP contribution in [0.5, 0.6) is 0 Å². The van der Waals surface area contributed by atoms with Gasteiger partial charge in [0, 0.05) is 42.0 Å². The Morgan fingerprint density at radius 3 is 2.58 bits per heavy atom. The topological polar surface area (TPSA) is 6.48 Å². The Hall–Kier alpha value is -1.06. The van der Waals surface area contributed by atoms with Crippen molar-refractivity contribution in [1.82, 2.24) is 4.90 Å². The van der Waals surface area contributed by atoms with E-state index < -0.39 is 0 Å². The fourth-order valence-electron chi connectivity index (χ4n) is 4.45. The van der Waals surface area contributed by atoms with Crippen LogP contribution in [-0.2, 0) is 0 Å². The highest BCUT2D eigenvalue weighted by Gasteiger charge is 2.22. The molecule has 2 nitrogen and oxygen atoms in total. The van der Waals surface area contributed by atoms with E-state index in [9.17, 15) is 0 Å². The van der Waals surface area contributed by atoms with Crippen LogP contribution >= 0.6 is 11.3 Å². The maximum absolute atomic E-state index is 2.70. The maximum Gasteiger partial charge on any atom is 0.0455 e. The largest absolute Gasteiger partial charge is 0.368 e. The van der Waals surface area contributed by atoms with E-state index >= 15 is 0 Å². The van der Waals surface area contributed by atoms with Gasteiger partial charge in [0.2, 0.25) is 0 Å². The van der Waals surface area contributed by atoms with Gasteiger partial charge in [-0.25, -0.2) is 0 Å². The number of rotatable bonds is 4. The quantitative estimate of drug-likeness (QED) is 0.750. The first-order valence-electron chi connectivity index (χ1n) is 9.73. The molecule has 1 aromatic heterocycles. The molecule has 2 aromatic rings. The average molecular weight is 343 g/mol. The third-order valence-electron chi connectivity index (χ3n) is 6.17. The molecule has 1 saturated heterocycles. The SMILES string of the molecule is C[C@H]1CC[C@H](CCN2CCN(c3cccc4sccc34)CC2)CC1. The van der Waals surface area contributed by atoms with Crippen LogP contribution in [0.3, 0.4) is 0 Å². The van der Waals surface area contributed by atoms with Gasteiger partial charge in [0.1, 0.15) is 0 Å². The van der Waals surface area contributed by atoms with E-state index in [1.54, 1.807) is 0 Å². The number of fused-ring (bicyclic) bond motifs is 1. The van der Waals surface area contributed by atoms with Crippen LogP contribution < -0.4 is 4.90 Å². The first-order valence-corrected chi connectivity index (χ1v) is 10.6. The van der Waals surface area contributed by atoms with Crippen LogP contribution in [-0.4, -0.2) is 37.6 Å². The zero-order valence-corrected chi connectivity index (χ0v) is 15.7. The van der Waals surface area contributed by atoms with Gasteiger partial charge in [-0.15, -0.1) is 11.3 Å². The van der Waals surface area contributed by atoms with Crippen LogP contribution in [0.1, 0.15) is 39.0 Å². The summed E-state index contributed by atoms with van der Waals surface area (Å²) < 4.78 is 1.42. The number of thiophene rings is 1. The van der Waals surface area contributed by atoms with Crippen molar-refractivity contribution in [3.8, 4) is 0 Å². The van der Waals surface area contributed by atoms with Gasteiger partial charge in [-0.1, -0.05) is 38.7 Å². The molecule has 24 heavy (non-hydrogen) atoms. The molecule has 3 heteroatoms. The third kappa shape index (κ3) is 3.62. The van der Waals surface area contributed by atoms with Crippen LogP contribution in [0, 0.1) is 11.8 Å². The minimum absolute atomic E-state index is 0.976.